The molecule has 3 nitrogen and oxygen atoms in total. The Morgan fingerprint density at radius 3 is 2.74 bits per heavy atom. The third kappa shape index (κ3) is 2.70. The second kappa shape index (κ2) is 4.92. The number of hydrogen-bond donors (Lipinski definition) is 1. The van der Waals surface area contributed by atoms with Crippen LogP contribution in [0, 0.1) is 0 Å². The first-order valence-electron chi connectivity index (χ1n) is 6.43. The monoisotopic (exact) mass is 256 g/mol. The molecule has 1 heterocycles. The number of benzene rings is 1. The van der Waals surface area contributed by atoms with E-state index in [1.807, 2.05) is 56.1 Å². The lowest BCUT2D eigenvalue weighted by atomic mass is 10.0. The average molecular weight is 256 g/mol. The van der Waals surface area contributed by atoms with Gasteiger partial charge in [-0.1, -0.05) is 12.1 Å². The molecule has 0 aliphatic carbocycles. The molecule has 0 saturated heterocycles. The van der Waals surface area contributed by atoms with Gasteiger partial charge in [0.2, 0.25) is 0 Å². The lowest BCUT2D eigenvalue weighted by Crippen LogP contribution is -2.45. The van der Waals surface area contributed by atoms with Gasteiger partial charge in [-0.2, -0.15) is 0 Å². The van der Waals surface area contributed by atoms with Gasteiger partial charge in [0.25, 0.3) is 5.91 Å². The molecule has 0 bridgehead atoms. The van der Waals surface area contributed by atoms with Crippen molar-refractivity contribution in [3.05, 3.63) is 48.7 Å². The number of aromatic amines is 1. The highest BCUT2D eigenvalue weighted by Gasteiger charge is 2.26. The fraction of sp³-hybridized carbons (Fsp3) is 0.312. The maximum absolute atomic E-state index is 12.6. The third-order valence-corrected chi connectivity index (χ3v) is 3.17. The predicted molar refractivity (Wildman–Crippen MR) is 79.3 cm³/mol. The summed E-state index contributed by atoms with van der Waals surface area (Å²) in [6.07, 6.45) is 3.64. The minimum absolute atomic E-state index is 0.0314. The molecule has 1 aromatic carbocycles. The fourth-order valence-corrected chi connectivity index (χ4v) is 2.13. The van der Waals surface area contributed by atoms with E-state index in [-0.39, 0.29) is 11.4 Å². The molecule has 0 aliphatic rings. The van der Waals surface area contributed by atoms with E-state index >= 15 is 0 Å². The van der Waals surface area contributed by atoms with Crippen molar-refractivity contribution in [1.82, 2.24) is 9.88 Å². The number of fused-ring (bicyclic) bond motifs is 1. The Labute approximate surface area is 113 Å². The summed E-state index contributed by atoms with van der Waals surface area (Å²) in [6.45, 7) is 10.4. The molecule has 1 N–H and O–H groups in total. The van der Waals surface area contributed by atoms with Gasteiger partial charge in [-0.25, -0.2) is 0 Å². The number of rotatable bonds is 3. The number of nitrogens with zero attached hydrogens (tertiary/aromatic N) is 1. The summed E-state index contributed by atoms with van der Waals surface area (Å²) in [4.78, 5) is 17.6. The number of aromatic nitrogens is 1. The van der Waals surface area contributed by atoms with Gasteiger partial charge < -0.3 is 9.88 Å². The first-order valence-corrected chi connectivity index (χ1v) is 6.43. The standard InChI is InChI=1S/C16H20N2O/c1-5-10-18(16(2,3)4)15(19)13-7-6-12-8-9-17-14(12)11-13/h5-9,11,17H,1,10H2,2-4H3. The molecule has 19 heavy (non-hydrogen) atoms. The summed E-state index contributed by atoms with van der Waals surface area (Å²) in [6, 6.07) is 7.74. The molecule has 0 radical (unpaired) electrons. The van der Waals surface area contributed by atoms with Gasteiger partial charge >= 0.3 is 0 Å². The molecule has 0 atom stereocenters. The van der Waals surface area contributed by atoms with Crippen LogP contribution in [0.5, 0.6) is 0 Å². The number of H-pyrrole nitrogens is 1. The van der Waals surface area contributed by atoms with Crippen LogP contribution in [0.3, 0.4) is 0 Å². The van der Waals surface area contributed by atoms with Gasteiger partial charge in [0.1, 0.15) is 0 Å². The van der Waals surface area contributed by atoms with E-state index in [0.29, 0.717) is 12.1 Å². The Morgan fingerprint density at radius 1 is 1.37 bits per heavy atom. The van der Waals surface area contributed by atoms with Crippen molar-refractivity contribution in [2.45, 2.75) is 26.3 Å². The maximum atomic E-state index is 12.6. The summed E-state index contributed by atoms with van der Waals surface area (Å²) in [5.74, 6) is 0.0314. The molecule has 0 saturated carbocycles. The molecule has 0 aliphatic heterocycles. The van der Waals surface area contributed by atoms with Gasteiger partial charge in [0, 0.05) is 29.4 Å². The van der Waals surface area contributed by atoms with E-state index in [2.05, 4.69) is 11.6 Å². The Kier molecular flexibility index (Phi) is 3.47. The SMILES string of the molecule is C=CCN(C(=O)c1ccc2cc[nH]c2c1)C(C)(C)C. The van der Waals surface area contributed by atoms with Crippen LogP contribution in [-0.2, 0) is 0 Å². The molecule has 0 fully saturated rings. The van der Waals surface area contributed by atoms with E-state index in [1.165, 1.54) is 0 Å². The predicted octanol–water partition coefficient (Wildman–Crippen LogP) is 3.59. The minimum atomic E-state index is -0.226. The molecular weight excluding hydrogens is 236 g/mol. The van der Waals surface area contributed by atoms with Crippen molar-refractivity contribution < 1.29 is 4.79 Å². The van der Waals surface area contributed by atoms with Crippen LogP contribution >= 0.6 is 0 Å². The summed E-state index contributed by atoms with van der Waals surface area (Å²) in [7, 11) is 0. The van der Waals surface area contributed by atoms with Crippen LogP contribution in [0.2, 0.25) is 0 Å². The van der Waals surface area contributed by atoms with Crippen molar-refractivity contribution in [3.8, 4) is 0 Å². The van der Waals surface area contributed by atoms with Crippen LogP contribution in [0.25, 0.3) is 10.9 Å². The van der Waals surface area contributed by atoms with Gasteiger partial charge in [0.05, 0.1) is 0 Å². The number of amides is 1. The number of nitrogens with one attached hydrogen (secondary N) is 1. The lowest BCUT2D eigenvalue weighted by Gasteiger charge is -2.35. The van der Waals surface area contributed by atoms with Crippen molar-refractivity contribution in [2.75, 3.05) is 6.54 Å². The molecular formula is C16H20N2O. The topological polar surface area (TPSA) is 36.1 Å². The first kappa shape index (κ1) is 13.4. The number of carbonyl (C=O) groups is 1. The second-order valence-electron chi connectivity index (χ2n) is 5.65. The van der Waals surface area contributed by atoms with Crippen LogP contribution < -0.4 is 0 Å². The van der Waals surface area contributed by atoms with E-state index < -0.39 is 0 Å². The summed E-state index contributed by atoms with van der Waals surface area (Å²) >= 11 is 0. The molecule has 0 unspecified atom stereocenters. The average Bonchev–Trinajstić information content (AvgIpc) is 2.80. The third-order valence-electron chi connectivity index (χ3n) is 3.17. The van der Waals surface area contributed by atoms with Gasteiger partial charge in [0.15, 0.2) is 0 Å². The molecule has 1 aromatic heterocycles. The molecule has 3 heteroatoms. The van der Waals surface area contributed by atoms with Gasteiger partial charge in [-0.05, 0) is 44.4 Å². The normalized spacial score (nSPS) is 11.5. The van der Waals surface area contributed by atoms with Crippen LogP contribution in [-0.4, -0.2) is 27.9 Å². The largest absolute Gasteiger partial charge is 0.361 e. The number of carbonyl (C=O) groups excluding carboxylic acids is 1. The highest BCUT2D eigenvalue weighted by molar-refractivity contribution is 5.98. The summed E-state index contributed by atoms with van der Waals surface area (Å²) in [5.41, 5.74) is 1.46. The zero-order valence-electron chi connectivity index (χ0n) is 11.7. The molecule has 2 rings (SSSR count). The van der Waals surface area contributed by atoms with Crippen LogP contribution in [0.1, 0.15) is 31.1 Å². The zero-order chi connectivity index (χ0) is 14.0. The summed E-state index contributed by atoms with van der Waals surface area (Å²) < 4.78 is 0. The highest BCUT2D eigenvalue weighted by atomic mass is 16.2. The maximum Gasteiger partial charge on any atom is 0.254 e. The Hall–Kier alpha value is -2.03. The van der Waals surface area contributed by atoms with Crippen molar-refractivity contribution in [3.63, 3.8) is 0 Å². The molecule has 100 valence electrons. The second-order valence-corrected chi connectivity index (χ2v) is 5.65. The van der Waals surface area contributed by atoms with Crippen molar-refractivity contribution in [1.29, 1.82) is 0 Å². The van der Waals surface area contributed by atoms with Crippen molar-refractivity contribution >= 4 is 16.8 Å². The fourth-order valence-electron chi connectivity index (χ4n) is 2.13. The number of hydrogen-bond acceptors (Lipinski definition) is 1. The molecule has 1 amide bonds. The first-order chi connectivity index (χ1) is 8.93. The van der Waals surface area contributed by atoms with Crippen LogP contribution in [0.4, 0.5) is 0 Å². The minimum Gasteiger partial charge on any atom is -0.361 e. The quantitative estimate of drug-likeness (QED) is 0.837. The Morgan fingerprint density at radius 2 is 2.11 bits per heavy atom. The van der Waals surface area contributed by atoms with E-state index in [4.69, 9.17) is 0 Å². The van der Waals surface area contributed by atoms with Gasteiger partial charge in [-0.3, -0.25) is 4.79 Å². The lowest BCUT2D eigenvalue weighted by molar-refractivity contribution is 0.0617. The Balaban J connectivity index is 2.37. The smallest absolute Gasteiger partial charge is 0.254 e. The summed E-state index contributed by atoms with van der Waals surface area (Å²) in [5, 5.41) is 1.11. The van der Waals surface area contributed by atoms with E-state index in [9.17, 15) is 4.79 Å². The van der Waals surface area contributed by atoms with E-state index in [1.54, 1.807) is 6.08 Å². The molecule has 2 aromatic rings. The Bertz CT molecular complexity index is 604. The highest BCUT2D eigenvalue weighted by Crippen LogP contribution is 2.20. The molecule has 0 spiro atoms. The van der Waals surface area contributed by atoms with Crippen LogP contribution in [0.15, 0.2) is 43.1 Å². The van der Waals surface area contributed by atoms with E-state index in [0.717, 1.165) is 10.9 Å². The van der Waals surface area contributed by atoms with Crippen molar-refractivity contribution in [2.24, 2.45) is 0 Å². The van der Waals surface area contributed by atoms with Gasteiger partial charge in [-0.15, -0.1) is 6.58 Å². The zero-order valence-corrected chi connectivity index (χ0v) is 11.7.